The van der Waals surface area contributed by atoms with E-state index in [-0.39, 0.29) is 5.78 Å². The lowest BCUT2D eigenvalue weighted by Crippen LogP contribution is -2.21. The second-order valence-corrected chi connectivity index (χ2v) is 4.02. The highest BCUT2D eigenvalue weighted by Crippen LogP contribution is 2.19. The number of carbonyl (C=O) groups excluding carboxylic acids is 1. The van der Waals surface area contributed by atoms with Crippen LogP contribution in [0, 0.1) is 0 Å². The molecule has 3 heteroatoms. The van der Waals surface area contributed by atoms with Crippen LogP contribution in [0.3, 0.4) is 0 Å². The molecule has 0 aromatic carbocycles. The summed E-state index contributed by atoms with van der Waals surface area (Å²) in [4.78, 5) is 11.6. The van der Waals surface area contributed by atoms with Crippen molar-refractivity contribution in [1.82, 2.24) is 5.32 Å². The molecule has 0 aromatic rings. The zero-order valence-electron chi connectivity index (χ0n) is 8.42. The van der Waals surface area contributed by atoms with Crippen LogP contribution in [0.1, 0.15) is 32.1 Å². The van der Waals surface area contributed by atoms with Gasteiger partial charge in [0.1, 0.15) is 0 Å². The molecule has 14 heavy (non-hydrogen) atoms. The summed E-state index contributed by atoms with van der Waals surface area (Å²) in [6.07, 6.45) is 6.69. The van der Waals surface area contributed by atoms with Crippen LogP contribution in [0.5, 0.6) is 0 Å². The van der Waals surface area contributed by atoms with Crippen molar-refractivity contribution in [3.8, 4) is 0 Å². The van der Waals surface area contributed by atoms with Gasteiger partial charge >= 0.3 is 0 Å². The molecule has 78 valence electrons. The van der Waals surface area contributed by atoms with E-state index in [0.29, 0.717) is 12.5 Å². The van der Waals surface area contributed by atoms with Crippen LogP contribution in [0.25, 0.3) is 0 Å². The fourth-order valence-corrected chi connectivity index (χ4v) is 1.61. The predicted octanol–water partition coefficient (Wildman–Crippen LogP) is 1.39. The highest BCUT2D eigenvalue weighted by atomic mass is 16.5. The van der Waals surface area contributed by atoms with Crippen molar-refractivity contribution in [3.05, 3.63) is 11.8 Å². The largest absolute Gasteiger partial charge is 0.501 e. The van der Waals surface area contributed by atoms with E-state index in [1.54, 1.807) is 6.26 Å². The molecule has 2 aliphatic rings. The van der Waals surface area contributed by atoms with Gasteiger partial charge < -0.3 is 10.1 Å². The molecule has 0 unspecified atom stereocenters. The number of hydrogen-bond acceptors (Lipinski definition) is 3. The third-order valence-electron chi connectivity index (χ3n) is 2.65. The lowest BCUT2D eigenvalue weighted by molar-refractivity contribution is -0.116. The van der Waals surface area contributed by atoms with Crippen molar-refractivity contribution < 1.29 is 9.53 Å². The predicted molar refractivity (Wildman–Crippen MR) is 53.9 cm³/mol. The maximum atomic E-state index is 11.6. The average molecular weight is 195 g/mol. The fraction of sp³-hybridized carbons (Fsp3) is 0.727. The standard InChI is InChI=1S/C11H17NO2/c13-11(5-6-12-10-3-4-10)9-2-1-7-14-8-9/h8,10,12H,1-7H2. The minimum Gasteiger partial charge on any atom is -0.501 e. The number of allylic oxidation sites excluding steroid dienone is 1. The van der Waals surface area contributed by atoms with Gasteiger partial charge in [0, 0.05) is 24.6 Å². The van der Waals surface area contributed by atoms with Gasteiger partial charge in [0.2, 0.25) is 0 Å². The molecule has 1 aliphatic carbocycles. The summed E-state index contributed by atoms with van der Waals surface area (Å²) in [5, 5.41) is 3.34. The number of Topliss-reactive ketones (excluding diaryl/α,β-unsaturated/α-hetero) is 1. The molecule has 0 bridgehead atoms. The molecule has 1 aliphatic heterocycles. The zero-order valence-corrected chi connectivity index (χ0v) is 8.42. The molecule has 0 spiro atoms. The van der Waals surface area contributed by atoms with E-state index in [1.165, 1.54) is 12.8 Å². The molecule has 0 amide bonds. The highest BCUT2D eigenvalue weighted by Gasteiger charge is 2.20. The summed E-state index contributed by atoms with van der Waals surface area (Å²) in [6.45, 7) is 1.58. The van der Waals surface area contributed by atoms with E-state index in [4.69, 9.17) is 4.74 Å². The molecule has 0 atom stereocenters. The Morgan fingerprint density at radius 3 is 3.07 bits per heavy atom. The van der Waals surface area contributed by atoms with Gasteiger partial charge in [-0.1, -0.05) is 0 Å². The Hall–Kier alpha value is -0.830. The van der Waals surface area contributed by atoms with Gasteiger partial charge in [0.05, 0.1) is 12.9 Å². The Morgan fingerprint density at radius 2 is 2.43 bits per heavy atom. The molecule has 0 saturated heterocycles. The van der Waals surface area contributed by atoms with Crippen molar-refractivity contribution in [1.29, 1.82) is 0 Å². The normalized spacial score (nSPS) is 21.3. The highest BCUT2D eigenvalue weighted by molar-refractivity contribution is 5.95. The second kappa shape index (κ2) is 4.60. The van der Waals surface area contributed by atoms with E-state index in [1.807, 2.05) is 0 Å². The quantitative estimate of drug-likeness (QED) is 0.720. The summed E-state index contributed by atoms with van der Waals surface area (Å²) in [5.74, 6) is 0.248. The molecule has 1 saturated carbocycles. The molecular formula is C11H17NO2. The topological polar surface area (TPSA) is 38.3 Å². The van der Waals surface area contributed by atoms with Gasteiger partial charge in [0.15, 0.2) is 5.78 Å². The number of hydrogen-bond donors (Lipinski definition) is 1. The van der Waals surface area contributed by atoms with Crippen LogP contribution in [-0.2, 0) is 9.53 Å². The minimum absolute atomic E-state index is 0.248. The summed E-state index contributed by atoms with van der Waals surface area (Å²) in [7, 11) is 0. The third kappa shape index (κ3) is 2.84. The van der Waals surface area contributed by atoms with Gasteiger partial charge in [-0.2, -0.15) is 0 Å². The van der Waals surface area contributed by atoms with Crippen LogP contribution < -0.4 is 5.32 Å². The Bertz CT molecular complexity index is 244. The van der Waals surface area contributed by atoms with Crippen molar-refractivity contribution >= 4 is 5.78 Å². The molecule has 1 heterocycles. The number of carbonyl (C=O) groups is 1. The van der Waals surface area contributed by atoms with Crippen LogP contribution in [0.15, 0.2) is 11.8 Å². The fourth-order valence-electron chi connectivity index (χ4n) is 1.61. The van der Waals surface area contributed by atoms with Crippen LogP contribution in [-0.4, -0.2) is 25.0 Å². The monoisotopic (exact) mass is 195 g/mol. The Labute approximate surface area is 84.5 Å². The lowest BCUT2D eigenvalue weighted by Gasteiger charge is -2.12. The van der Waals surface area contributed by atoms with E-state index in [0.717, 1.165) is 31.6 Å². The van der Waals surface area contributed by atoms with Gasteiger partial charge in [-0.05, 0) is 25.7 Å². The smallest absolute Gasteiger partial charge is 0.163 e. The van der Waals surface area contributed by atoms with Crippen molar-refractivity contribution in [3.63, 3.8) is 0 Å². The molecular weight excluding hydrogens is 178 g/mol. The van der Waals surface area contributed by atoms with Crippen molar-refractivity contribution in [2.45, 2.75) is 38.1 Å². The molecule has 2 rings (SSSR count). The first-order valence-corrected chi connectivity index (χ1v) is 5.43. The maximum Gasteiger partial charge on any atom is 0.163 e. The first-order valence-electron chi connectivity index (χ1n) is 5.43. The Morgan fingerprint density at radius 1 is 1.57 bits per heavy atom. The summed E-state index contributed by atoms with van der Waals surface area (Å²) in [5.41, 5.74) is 0.869. The van der Waals surface area contributed by atoms with Crippen LogP contribution >= 0.6 is 0 Å². The lowest BCUT2D eigenvalue weighted by atomic mass is 10.0. The zero-order chi connectivity index (χ0) is 9.80. The van der Waals surface area contributed by atoms with Crippen molar-refractivity contribution in [2.24, 2.45) is 0 Å². The molecule has 0 radical (unpaired) electrons. The average Bonchev–Trinajstić information content (AvgIpc) is 3.03. The Balaban J connectivity index is 1.67. The number of ether oxygens (including phenoxy) is 1. The van der Waals surface area contributed by atoms with Gasteiger partial charge in [-0.3, -0.25) is 4.79 Å². The van der Waals surface area contributed by atoms with E-state index < -0.39 is 0 Å². The summed E-state index contributed by atoms with van der Waals surface area (Å²) < 4.78 is 5.14. The third-order valence-corrected chi connectivity index (χ3v) is 2.65. The number of rotatable bonds is 5. The van der Waals surface area contributed by atoms with Gasteiger partial charge in [-0.25, -0.2) is 0 Å². The van der Waals surface area contributed by atoms with Gasteiger partial charge in [-0.15, -0.1) is 0 Å². The van der Waals surface area contributed by atoms with Crippen LogP contribution in [0.4, 0.5) is 0 Å². The van der Waals surface area contributed by atoms with Crippen molar-refractivity contribution in [2.75, 3.05) is 13.2 Å². The maximum absolute atomic E-state index is 11.6. The first kappa shape index (κ1) is 9.71. The molecule has 1 N–H and O–H groups in total. The summed E-state index contributed by atoms with van der Waals surface area (Å²) >= 11 is 0. The minimum atomic E-state index is 0.248. The SMILES string of the molecule is O=C(CCNC1CC1)C1=COCCC1. The molecule has 1 fully saturated rings. The van der Waals surface area contributed by atoms with E-state index in [9.17, 15) is 4.79 Å². The van der Waals surface area contributed by atoms with Crippen LogP contribution in [0.2, 0.25) is 0 Å². The molecule has 3 nitrogen and oxygen atoms in total. The number of nitrogens with one attached hydrogen (secondary N) is 1. The molecule has 0 aromatic heterocycles. The number of ketones is 1. The first-order chi connectivity index (χ1) is 6.86. The van der Waals surface area contributed by atoms with E-state index >= 15 is 0 Å². The van der Waals surface area contributed by atoms with Gasteiger partial charge in [0.25, 0.3) is 0 Å². The van der Waals surface area contributed by atoms with E-state index in [2.05, 4.69) is 5.32 Å². The Kier molecular flexibility index (Phi) is 3.19. The summed E-state index contributed by atoms with van der Waals surface area (Å²) in [6, 6.07) is 0.694. The second-order valence-electron chi connectivity index (χ2n) is 4.02.